The van der Waals surface area contributed by atoms with Crippen LogP contribution >= 0.6 is 11.3 Å². The van der Waals surface area contributed by atoms with Crippen LogP contribution in [-0.2, 0) is 19.2 Å². The van der Waals surface area contributed by atoms with Crippen molar-refractivity contribution in [1.29, 1.82) is 0 Å². The Labute approximate surface area is 398 Å². The zero-order valence-corrected chi connectivity index (χ0v) is 40.5. The Kier molecular flexibility index (Phi) is 16.5. The molecule has 0 saturated carbocycles. The topological polar surface area (TPSA) is 194 Å². The summed E-state index contributed by atoms with van der Waals surface area (Å²) in [5.74, 6) is -0.232. The summed E-state index contributed by atoms with van der Waals surface area (Å²) in [4.78, 5) is 65.9. The minimum absolute atomic E-state index is 0.0347. The first kappa shape index (κ1) is 49.2. The minimum Gasteiger partial charge on any atom is -0.507 e. The van der Waals surface area contributed by atoms with Gasteiger partial charge in [0.05, 0.1) is 33.9 Å². The van der Waals surface area contributed by atoms with Crippen LogP contribution in [0.1, 0.15) is 140 Å². The van der Waals surface area contributed by atoms with Crippen molar-refractivity contribution in [3.8, 4) is 27.4 Å². The number of rotatable bonds is 21. The van der Waals surface area contributed by atoms with Gasteiger partial charge in [0.25, 0.3) is 0 Å². The van der Waals surface area contributed by atoms with Gasteiger partial charge in [0.2, 0.25) is 23.6 Å². The van der Waals surface area contributed by atoms with Gasteiger partial charge in [-0.25, -0.2) is 4.98 Å². The number of nitrogens with zero attached hydrogens (tertiary/aromatic N) is 5. The van der Waals surface area contributed by atoms with Crippen molar-refractivity contribution in [2.75, 3.05) is 19.6 Å². The molecule has 5 heterocycles. The highest BCUT2D eigenvalue weighted by Crippen LogP contribution is 2.33. The Bertz CT molecular complexity index is 2470. The molecule has 5 N–H and O–H groups in total. The van der Waals surface area contributed by atoms with Gasteiger partial charge in [0.15, 0.2) is 5.65 Å². The number of aliphatic hydroxyl groups excluding tert-OH is 1. The van der Waals surface area contributed by atoms with Gasteiger partial charge in [-0.2, -0.15) is 0 Å². The molecule has 0 aliphatic carbocycles. The maximum atomic E-state index is 14.1. The van der Waals surface area contributed by atoms with E-state index in [2.05, 4.69) is 36.9 Å². The summed E-state index contributed by atoms with van der Waals surface area (Å²) < 4.78 is 0. The summed E-state index contributed by atoms with van der Waals surface area (Å²) >= 11 is 1.59. The fourth-order valence-electron chi connectivity index (χ4n) is 9.26. The zero-order chi connectivity index (χ0) is 47.7. The van der Waals surface area contributed by atoms with E-state index < -0.39 is 23.6 Å². The van der Waals surface area contributed by atoms with Crippen molar-refractivity contribution in [3.63, 3.8) is 0 Å². The molecule has 358 valence electrons. The highest BCUT2D eigenvalue weighted by molar-refractivity contribution is 7.13. The zero-order valence-electron chi connectivity index (χ0n) is 39.7. The van der Waals surface area contributed by atoms with E-state index >= 15 is 0 Å². The van der Waals surface area contributed by atoms with Crippen LogP contribution in [0.2, 0.25) is 0 Å². The molecule has 0 unspecified atom stereocenters. The smallest absolute Gasteiger partial charge is 0.246 e. The number of β-amino-alcohol motifs (C(OH)–C–C–N with tert-alkyl or cyclic N) is 1. The molecule has 14 nitrogen and oxygen atoms in total. The number of unbranched alkanes of at least 4 members (excludes halogenated alkanes) is 9. The molecule has 7 rings (SSSR count). The molecular weight excluding hydrogens is 865 g/mol. The predicted octanol–water partition coefficient (Wildman–Crippen LogP) is 8.74. The summed E-state index contributed by atoms with van der Waals surface area (Å²) in [6.07, 6.45) is 10.5. The summed E-state index contributed by atoms with van der Waals surface area (Å²) in [6.45, 7) is 11.0. The molecule has 2 aromatic carbocycles. The van der Waals surface area contributed by atoms with E-state index in [9.17, 15) is 29.4 Å². The molecule has 0 bridgehead atoms. The maximum Gasteiger partial charge on any atom is 0.246 e. The molecule has 2 aliphatic heterocycles. The number of aromatic nitrogens is 4. The van der Waals surface area contributed by atoms with Gasteiger partial charge in [-0.1, -0.05) is 109 Å². The average Bonchev–Trinajstić information content (AvgIpc) is 4.02. The second-order valence-electron chi connectivity index (χ2n) is 19.7. The van der Waals surface area contributed by atoms with Crippen LogP contribution in [0.4, 0.5) is 0 Å². The van der Waals surface area contributed by atoms with Crippen molar-refractivity contribution in [3.05, 3.63) is 83.1 Å². The van der Waals surface area contributed by atoms with E-state index in [4.69, 9.17) is 0 Å². The number of hydrogen-bond donors (Lipinski definition) is 5. The van der Waals surface area contributed by atoms with Gasteiger partial charge in [0, 0.05) is 61.5 Å². The van der Waals surface area contributed by atoms with E-state index in [1.165, 1.54) is 4.90 Å². The molecule has 4 atom stereocenters. The molecule has 0 radical (unpaired) electrons. The Morgan fingerprint density at radius 1 is 0.851 bits per heavy atom. The molecule has 2 saturated heterocycles. The lowest BCUT2D eigenvalue weighted by atomic mass is 9.85. The normalized spacial score (nSPS) is 17.3. The molecule has 5 aromatic rings. The lowest BCUT2D eigenvalue weighted by Crippen LogP contribution is -2.57. The second kappa shape index (κ2) is 22.4. The van der Waals surface area contributed by atoms with Gasteiger partial charge < -0.3 is 35.6 Å². The predicted molar refractivity (Wildman–Crippen MR) is 262 cm³/mol. The first-order valence-electron chi connectivity index (χ1n) is 24.2. The number of benzene rings is 2. The van der Waals surface area contributed by atoms with Gasteiger partial charge in [0.1, 0.15) is 17.8 Å². The first-order chi connectivity index (χ1) is 32.2. The number of fused-ring (bicyclic) bond motifs is 1. The standard InChI is InChI=1S/C52H68N8O6S/c1-33(35-22-24-36(25-23-35)47-34(2)53-32-67-47)54-50(65)43-28-39(61)31-60(43)51(66)48(52(3,4)5)56-45(63)20-14-12-10-8-6-7-9-11-13-15-21-46(64)59-29-38(30-59)41-26-37-27-42(57-58-49(37)55-41)40-18-16-17-19-44(40)62/h16-19,22-27,32-33,38-39,43,48,61-62H,6-15,20-21,28-31H2,1-5H3,(H,54,65)(H,55,58)(H,56,63)/t33-,39+,43-,48+/m0/s1. The van der Waals surface area contributed by atoms with Crippen LogP contribution in [-0.4, -0.2) is 102 Å². The van der Waals surface area contributed by atoms with Gasteiger partial charge >= 0.3 is 0 Å². The van der Waals surface area contributed by atoms with E-state index in [-0.39, 0.29) is 54.3 Å². The number of amides is 4. The number of aromatic amines is 1. The fraction of sp³-hybridized carbons (Fsp3) is 0.519. The third kappa shape index (κ3) is 12.7. The van der Waals surface area contributed by atoms with Crippen molar-refractivity contribution in [2.45, 2.75) is 148 Å². The molecule has 0 spiro atoms. The summed E-state index contributed by atoms with van der Waals surface area (Å²) in [5.41, 5.74) is 7.20. The largest absolute Gasteiger partial charge is 0.507 e. The Hall–Kier alpha value is -5.67. The van der Waals surface area contributed by atoms with Crippen molar-refractivity contribution < 1.29 is 29.4 Å². The minimum atomic E-state index is -0.845. The van der Waals surface area contributed by atoms with Crippen molar-refractivity contribution in [1.82, 2.24) is 40.6 Å². The van der Waals surface area contributed by atoms with Crippen LogP contribution in [0.25, 0.3) is 32.7 Å². The van der Waals surface area contributed by atoms with Gasteiger partial charge in [-0.05, 0) is 67.5 Å². The second-order valence-corrected chi connectivity index (χ2v) is 20.5. The summed E-state index contributed by atoms with van der Waals surface area (Å²) in [6, 6.07) is 17.1. The number of H-pyrrole nitrogens is 1. The third-order valence-corrected chi connectivity index (χ3v) is 14.3. The fourth-order valence-corrected chi connectivity index (χ4v) is 10.1. The number of aryl methyl sites for hydroxylation is 1. The van der Waals surface area contributed by atoms with Crippen LogP contribution in [0.5, 0.6) is 5.75 Å². The molecule has 3 aromatic heterocycles. The molecule has 2 fully saturated rings. The first-order valence-corrected chi connectivity index (χ1v) is 25.1. The number of aliphatic hydroxyl groups is 1. The van der Waals surface area contributed by atoms with Gasteiger partial charge in [-0.15, -0.1) is 21.5 Å². The highest BCUT2D eigenvalue weighted by atomic mass is 32.1. The van der Waals surface area contributed by atoms with E-state index in [0.29, 0.717) is 42.8 Å². The van der Waals surface area contributed by atoms with Crippen molar-refractivity contribution >= 4 is 46.0 Å². The van der Waals surface area contributed by atoms with Crippen molar-refractivity contribution in [2.24, 2.45) is 5.41 Å². The Balaban J connectivity index is 0.735. The van der Waals surface area contributed by atoms with E-state index in [0.717, 1.165) is 97.0 Å². The number of carbonyl (C=O) groups excluding carboxylic acids is 4. The van der Waals surface area contributed by atoms with Crippen LogP contribution in [0, 0.1) is 12.3 Å². The number of phenolic OH excluding ortho intramolecular Hbond substituents is 1. The number of nitrogens with one attached hydrogen (secondary N) is 3. The van der Waals surface area contributed by atoms with Gasteiger partial charge in [-0.3, -0.25) is 19.2 Å². The SMILES string of the molecule is Cc1ncsc1-c1ccc([C@H](C)NC(=O)[C@@H]2C[C@@H](O)CN2C(=O)[C@@H](NC(=O)CCCCCCCCCCCCC(=O)N2CC(c3cc4cc(-c5ccccc5O)nnc4[nH]3)C2)C(C)(C)C)cc1. The number of hydrogen-bond acceptors (Lipinski definition) is 10. The summed E-state index contributed by atoms with van der Waals surface area (Å²) in [5, 5.41) is 36.4. The Morgan fingerprint density at radius 2 is 1.51 bits per heavy atom. The lowest BCUT2D eigenvalue weighted by molar-refractivity contribution is -0.144. The number of thiazole rings is 1. The number of carbonyl (C=O) groups is 4. The van der Waals surface area contributed by atoms with E-state index in [1.807, 2.05) is 87.5 Å². The Morgan fingerprint density at radius 3 is 2.15 bits per heavy atom. The number of para-hydroxylation sites is 1. The number of likely N-dealkylation sites (tertiary alicyclic amines) is 2. The lowest BCUT2D eigenvalue weighted by Gasteiger charge is -2.39. The third-order valence-electron chi connectivity index (χ3n) is 13.4. The number of phenols is 1. The molecule has 4 amide bonds. The molecule has 15 heteroatoms. The van der Waals surface area contributed by atoms with Crippen LogP contribution in [0.3, 0.4) is 0 Å². The highest BCUT2D eigenvalue weighted by Gasteiger charge is 2.44. The van der Waals surface area contributed by atoms with Crippen LogP contribution in [0.15, 0.2) is 66.2 Å². The number of aromatic hydroxyl groups is 1. The quantitative estimate of drug-likeness (QED) is 0.0448. The monoisotopic (exact) mass is 932 g/mol. The summed E-state index contributed by atoms with van der Waals surface area (Å²) in [7, 11) is 0. The van der Waals surface area contributed by atoms with Crippen LogP contribution < -0.4 is 10.6 Å². The molecular formula is C52H68N8O6S. The molecule has 2 aliphatic rings. The average molecular weight is 933 g/mol. The maximum absolute atomic E-state index is 14.1. The molecule has 67 heavy (non-hydrogen) atoms. The van der Waals surface area contributed by atoms with E-state index in [1.54, 1.807) is 23.5 Å².